The van der Waals surface area contributed by atoms with Crippen LogP contribution in [0.1, 0.15) is 24.2 Å². The number of sulfonamides is 1. The number of amides is 1. The van der Waals surface area contributed by atoms with Gasteiger partial charge in [-0.25, -0.2) is 13.2 Å². The molecule has 0 radical (unpaired) electrons. The summed E-state index contributed by atoms with van der Waals surface area (Å²) in [5.41, 5.74) is -0.491. The van der Waals surface area contributed by atoms with Gasteiger partial charge in [0.05, 0.1) is 24.0 Å². The first-order chi connectivity index (χ1) is 12.6. The fourth-order valence-corrected chi connectivity index (χ4v) is 3.80. The number of fused-ring (bicyclic) bond motifs is 1. The molecule has 142 valence electrons. The number of esters is 1. The zero-order valence-electron chi connectivity index (χ0n) is 14.9. The average Bonchev–Trinajstić information content (AvgIpc) is 2.61. The second kappa shape index (κ2) is 6.58. The lowest BCUT2D eigenvalue weighted by molar-refractivity contribution is -0.129. The number of ether oxygens (including phenoxy) is 2. The van der Waals surface area contributed by atoms with Crippen molar-refractivity contribution >= 4 is 33.3 Å². The normalized spacial score (nSPS) is 15.1. The van der Waals surface area contributed by atoms with Crippen LogP contribution >= 0.6 is 0 Å². The Labute approximate surface area is 156 Å². The third kappa shape index (κ3) is 3.59. The summed E-state index contributed by atoms with van der Waals surface area (Å²) in [5, 5.41) is 2.70. The third-order valence-electron chi connectivity index (χ3n) is 3.98. The van der Waals surface area contributed by atoms with Crippen LogP contribution in [0.2, 0.25) is 0 Å². The van der Waals surface area contributed by atoms with Crippen molar-refractivity contribution in [3.8, 4) is 5.75 Å². The highest BCUT2D eigenvalue weighted by Gasteiger charge is 2.35. The van der Waals surface area contributed by atoms with Gasteiger partial charge in [-0.3, -0.25) is 9.52 Å². The lowest BCUT2D eigenvalue weighted by atomic mass is 10.1. The van der Waals surface area contributed by atoms with Crippen LogP contribution in [0.25, 0.3) is 0 Å². The topological polar surface area (TPSA) is 111 Å². The molecule has 1 amide bonds. The van der Waals surface area contributed by atoms with Gasteiger partial charge in [0.2, 0.25) is 0 Å². The number of methoxy groups -OCH3 is 1. The fourth-order valence-electron chi connectivity index (χ4n) is 2.56. The van der Waals surface area contributed by atoms with E-state index in [1.807, 2.05) is 0 Å². The van der Waals surface area contributed by atoms with E-state index in [1.165, 1.54) is 43.5 Å². The van der Waals surface area contributed by atoms with Gasteiger partial charge in [0.15, 0.2) is 5.60 Å². The SMILES string of the molecule is COC(=O)c1ccccc1S(=O)(=O)Nc1ccc2c(c1)OC(C)(C)C(=O)N2. The molecule has 1 aliphatic rings. The molecule has 1 heterocycles. The van der Waals surface area contributed by atoms with E-state index < -0.39 is 21.6 Å². The molecule has 9 heteroatoms. The molecule has 0 unspecified atom stereocenters. The zero-order valence-corrected chi connectivity index (χ0v) is 15.7. The number of hydrogen-bond acceptors (Lipinski definition) is 6. The highest BCUT2D eigenvalue weighted by molar-refractivity contribution is 7.92. The lowest BCUT2D eigenvalue weighted by Gasteiger charge is -2.31. The van der Waals surface area contributed by atoms with Crippen molar-refractivity contribution in [3.63, 3.8) is 0 Å². The first-order valence-electron chi connectivity index (χ1n) is 7.99. The number of nitrogens with one attached hydrogen (secondary N) is 2. The largest absolute Gasteiger partial charge is 0.476 e. The maximum atomic E-state index is 12.8. The predicted molar refractivity (Wildman–Crippen MR) is 98.4 cm³/mol. The van der Waals surface area contributed by atoms with Gasteiger partial charge in [0, 0.05) is 6.07 Å². The monoisotopic (exact) mass is 390 g/mol. The van der Waals surface area contributed by atoms with Crippen molar-refractivity contribution < 1.29 is 27.5 Å². The number of benzene rings is 2. The summed E-state index contributed by atoms with van der Waals surface area (Å²) in [6, 6.07) is 10.2. The Hall–Kier alpha value is -3.07. The second-order valence-corrected chi connectivity index (χ2v) is 8.02. The molecule has 2 N–H and O–H groups in total. The molecule has 0 saturated heterocycles. The first-order valence-corrected chi connectivity index (χ1v) is 9.47. The Morgan fingerprint density at radius 1 is 1.19 bits per heavy atom. The number of carbonyl (C=O) groups is 2. The zero-order chi connectivity index (χ0) is 19.8. The maximum absolute atomic E-state index is 12.8. The van der Waals surface area contributed by atoms with Gasteiger partial charge in [-0.1, -0.05) is 12.1 Å². The minimum absolute atomic E-state index is 0.0740. The quantitative estimate of drug-likeness (QED) is 0.776. The van der Waals surface area contributed by atoms with Crippen molar-refractivity contribution in [2.75, 3.05) is 17.1 Å². The molecular formula is C18H18N2O6S. The summed E-state index contributed by atoms with van der Waals surface area (Å²) in [6.45, 7) is 3.21. The van der Waals surface area contributed by atoms with Crippen molar-refractivity contribution in [1.29, 1.82) is 0 Å². The fraction of sp³-hybridized carbons (Fsp3) is 0.222. The molecule has 0 bridgehead atoms. The van der Waals surface area contributed by atoms with E-state index in [-0.39, 0.29) is 22.1 Å². The first kappa shape index (κ1) is 18.7. The van der Waals surface area contributed by atoms with Gasteiger partial charge in [0.25, 0.3) is 15.9 Å². The van der Waals surface area contributed by atoms with Crippen LogP contribution in [-0.2, 0) is 19.6 Å². The van der Waals surface area contributed by atoms with Gasteiger partial charge < -0.3 is 14.8 Å². The molecular weight excluding hydrogens is 372 g/mol. The van der Waals surface area contributed by atoms with E-state index in [1.54, 1.807) is 19.9 Å². The van der Waals surface area contributed by atoms with Crippen LogP contribution in [0, 0.1) is 0 Å². The van der Waals surface area contributed by atoms with Crippen LogP contribution in [0.3, 0.4) is 0 Å². The number of hydrogen-bond donors (Lipinski definition) is 2. The van der Waals surface area contributed by atoms with Gasteiger partial charge >= 0.3 is 5.97 Å². The Morgan fingerprint density at radius 3 is 2.59 bits per heavy atom. The summed E-state index contributed by atoms with van der Waals surface area (Å²) in [5.74, 6) is -0.717. The summed E-state index contributed by atoms with van der Waals surface area (Å²) in [4.78, 5) is 23.6. The molecule has 2 aromatic carbocycles. The molecule has 8 nitrogen and oxygen atoms in total. The van der Waals surface area contributed by atoms with E-state index in [9.17, 15) is 18.0 Å². The highest BCUT2D eigenvalue weighted by atomic mass is 32.2. The average molecular weight is 390 g/mol. The van der Waals surface area contributed by atoms with E-state index in [4.69, 9.17) is 4.74 Å². The minimum Gasteiger partial charge on any atom is -0.476 e. The molecule has 0 fully saturated rings. The molecule has 0 aliphatic carbocycles. The van der Waals surface area contributed by atoms with Crippen molar-refractivity contribution in [1.82, 2.24) is 0 Å². The van der Waals surface area contributed by atoms with Crippen molar-refractivity contribution in [2.24, 2.45) is 0 Å². The molecule has 27 heavy (non-hydrogen) atoms. The molecule has 0 atom stereocenters. The van der Waals surface area contributed by atoms with Crippen molar-refractivity contribution in [3.05, 3.63) is 48.0 Å². The van der Waals surface area contributed by atoms with E-state index in [0.29, 0.717) is 11.4 Å². The minimum atomic E-state index is -4.06. The van der Waals surface area contributed by atoms with Crippen molar-refractivity contribution in [2.45, 2.75) is 24.3 Å². The van der Waals surface area contributed by atoms with Crippen LogP contribution < -0.4 is 14.8 Å². The van der Waals surface area contributed by atoms with Crippen LogP contribution in [-0.4, -0.2) is 33.0 Å². The van der Waals surface area contributed by atoms with E-state index in [0.717, 1.165) is 0 Å². The Kier molecular flexibility index (Phi) is 4.56. The predicted octanol–water partition coefficient (Wildman–Crippen LogP) is 2.38. The maximum Gasteiger partial charge on any atom is 0.339 e. The smallest absolute Gasteiger partial charge is 0.339 e. The van der Waals surface area contributed by atoms with E-state index >= 15 is 0 Å². The number of anilines is 2. The van der Waals surface area contributed by atoms with Crippen LogP contribution in [0.15, 0.2) is 47.4 Å². The molecule has 0 aromatic heterocycles. The standard InChI is InChI=1S/C18H18N2O6S/c1-18(2)17(22)19-13-9-8-11(10-14(13)26-18)20-27(23,24)15-7-5-4-6-12(15)16(21)25-3/h4-10,20H,1-3H3,(H,19,22). The summed E-state index contributed by atoms with van der Waals surface area (Å²) < 4.78 is 38.2. The van der Waals surface area contributed by atoms with Crippen LogP contribution in [0.4, 0.5) is 11.4 Å². The van der Waals surface area contributed by atoms with Gasteiger partial charge in [-0.05, 0) is 38.1 Å². The Balaban J connectivity index is 1.95. The number of rotatable bonds is 4. The second-order valence-electron chi connectivity index (χ2n) is 6.37. The van der Waals surface area contributed by atoms with Gasteiger partial charge in [-0.15, -0.1) is 0 Å². The summed E-state index contributed by atoms with van der Waals surface area (Å²) in [7, 11) is -2.88. The Bertz CT molecular complexity index is 1030. The number of carbonyl (C=O) groups excluding carboxylic acids is 2. The van der Waals surface area contributed by atoms with E-state index in [2.05, 4.69) is 14.8 Å². The van der Waals surface area contributed by atoms with Crippen LogP contribution in [0.5, 0.6) is 5.75 Å². The highest BCUT2D eigenvalue weighted by Crippen LogP contribution is 2.36. The molecule has 0 saturated carbocycles. The third-order valence-corrected chi connectivity index (χ3v) is 5.42. The molecule has 3 rings (SSSR count). The summed E-state index contributed by atoms with van der Waals surface area (Å²) in [6.07, 6.45) is 0. The Morgan fingerprint density at radius 2 is 1.89 bits per heavy atom. The molecule has 1 aliphatic heterocycles. The van der Waals surface area contributed by atoms with Gasteiger partial charge in [0.1, 0.15) is 10.6 Å². The molecule has 0 spiro atoms. The lowest BCUT2D eigenvalue weighted by Crippen LogP contribution is -2.45. The molecule has 2 aromatic rings. The van der Waals surface area contributed by atoms with Gasteiger partial charge in [-0.2, -0.15) is 0 Å². The summed E-state index contributed by atoms with van der Waals surface area (Å²) >= 11 is 0.